The quantitative estimate of drug-likeness (QED) is 0.239. The number of aromatic nitrogens is 2. The second-order valence-electron chi connectivity index (χ2n) is 7.56. The molecule has 0 aliphatic rings. The molecule has 0 spiro atoms. The van der Waals surface area contributed by atoms with Crippen LogP contribution in [-0.4, -0.2) is 54.4 Å². The lowest BCUT2D eigenvalue weighted by Gasteiger charge is -2.12. The fourth-order valence-corrected chi connectivity index (χ4v) is 4.74. The predicted octanol–water partition coefficient (Wildman–Crippen LogP) is 5.54. The van der Waals surface area contributed by atoms with Gasteiger partial charge in [-0.3, -0.25) is 14.2 Å². The first kappa shape index (κ1) is 27.2. The predicted molar refractivity (Wildman–Crippen MR) is 140 cm³/mol. The van der Waals surface area contributed by atoms with E-state index in [1.54, 1.807) is 69.0 Å². The van der Waals surface area contributed by atoms with Crippen LogP contribution in [0.2, 0.25) is 0 Å². The van der Waals surface area contributed by atoms with E-state index >= 15 is 0 Å². The molecule has 0 fully saturated rings. The number of carbonyl (C=O) groups is 1. The van der Waals surface area contributed by atoms with Gasteiger partial charge in [-0.1, -0.05) is 24.3 Å². The molecule has 36 heavy (non-hydrogen) atoms. The second-order valence-corrected chi connectivity index (χ2v) is 9.38. The van der Waals surface area contributed by atoms with Crippen molar-refractivity contribution in [1.29, 1.82) is 0 Å². The number of ether oxygens (including phenoxy) is 2. The van der Waals surface area contributed by atoms with Crippen LogP contribution in [0.3, 0.4) is 0 Å². The molecule has 0 saturated carbocycles. The third-order valence-electron chi connectivity index (χ3n) is 5.11. The van der Waals surface area contributed by atoms with Gasteiger partial charge in [0.15, 0.2) is 16.7 Å². The number of fused-ring (bicyclic) bond motifs is 1. The summed E-state index contributed by atoms with van der Waals surface area (Å²) in [6.07, 6.45) is 0. The van der Waals surface area contributed by atoms with Crippen LogP contribution in [-0.2, 0) is 4.79 Å². The first-order chi connectivity index (χ1) is 17.2. The summed E-state index contributed by atoms with van der Waals surface area (Å²) in [5.74, 6) is -1.52. The Kier molecular flexibility index (Phi) is 9.05. The van der Waals surface area contributed by atoms with Gasteiger partial charge in [-0.25, -0.2) is 4.98 Å². The van der Waals surface area contributed by atoms with E-state index in [0.717, 1.165) is 5.56 Å². The lowest BCUT2D eigenvalue weighted by molar-refractivity contribution is -0.126. The van der Waals surface area contributed by atoms with Crippen molar-refractivity contribution in [3.63, 3.8) is 0 Å². The smallest absolute Gasteiger partial charge is 0.291 e. The molecule has 0 aliphatic heterocycles. The van der Waals surface area contributed by atoms with E-state index < -0.39 is 11.3 Å². The number of hydrogen-bond acceptors (Lipinski definition) is 7. The molecule has 190 valence electrons. The average Bonchev–Trinajstić information content (AvgIpc) is 3.28. The normalized spacial score (nSPS) is 10.7. The number of amides is 1. The van der Waals surface area contributed by atoms with E-state index in [9.17, 15) is 18.4 Å². The maximum atomic E-state index is 13.5. The summed E-state index contributed by atoms with van der Waals surface area (Å²) in [6, 6.07) is 14.0. The van der Waals surface area contributed by atoms with Crippen LogP contribution in [0.1, 0.15) is 6.92 Å². The number of alkyl halides is 2. The molecular formula is C25H25F2N3O4S2. The van der Waals surface area contributed by atoms with E-state index in [4.69, 9.17) is 9.47 Å². The van der Waals surface area contributed by atoms with Crippen LogP contribution < -0.4 is 15.0 Å². The molecular weight excluding hydrogens is 508 g/mol. The van der Waals surface area contributed by atoms with Crippen LogP contribution in [0, 0.1) is 0 Å². The first-order valence-corrected chi connectivity index (χ1v) is 12.4. The van der Waals surface area contributed by atoms with Gasteiger partial charge in [-0.2, -0.15) is 8.78 Å². The van der Waals surface area contributed by atoms with Gasteiger partial charge in [0.1, 0.15) is 4.83 Å². The van der Waals surface area contributed by atoms with Crippen molar-refractivity contribution in [2.75, 3.05) is 28.3 Å². The van der Waals surface area contributed by atoms with Gasteiger partial charge < -0.3 is 14.4 Å². The van der Waals surface area contributed by atoms with Crippen LogP contribution in [0.15, 0.2) is 63.9 Å². The van der Waals surface area contributed by atoms with Crippen LogP contribution >= 0.6 is 23.1 Å². The molecule has 11 heteroatoms. The van der Waals surface area contributed by atoms with Crippen molar-refractivity contribution in [1.82, 2.24) is 14.5 Å². The minimum atomic E-state index is -2.70. The molecule has 2 heterocycles. The van der Waals surface area contributed by atoms with Crippen LogP contribution in [0.5, 0.6) is 11.5 Å². The molecule has 0 N–H and O–H groups in total. The van der Waals surface area contributed by atoms with Crippen molar-refractivity contribution >= 4 is 39.2 Å². The standard InChI is InChI=1S/C21H16F2N2O3S2.C4H9NO/c1-27-15-9-8-12(10-16(15)28-2)14-11-29-18-17(14)19(26)25(13-6-4-3-5-7-13)21(24-18)30-20(22)23;1-4(6)5(2)3/h3-11,20H,1-2H3;1-3H3. The highest BCUT2D eigenvalue weighted by Crippen LogP contribution is 2.37. The maximum Gasteiger partial charge on any atom is 0.291 e. The number of para-hydroxylation sites is 1. The molecule has 2 aromatic carbocycles. The minimum Gasteiger partial charge on any atom is -0.493 e. The average molecular weight is 534 g/mol. The zero-order valence-electron chi connectivity index (χ0n) is 20.3. The van der Waals surface area contributed by atoms with Crippen molar-refractivity contribution in [3.05, 3.63) is 64.3 Å². The van der Waals surface area contributed by atoms with Crippen molar-refractivity contribution in [3.8, 4) is 28.3 Å². The minimum absolute atomic E-state index is 0.0468. The van der Waals surface area contributed by atoms with E-state index in [0.29, 0.717) is 33.0 Å². The number of thioether (sulfide) groups is 1. The molecule has 0 aliphatic carbocycles. The topological polar surface area (TPSA) is 73.7 Å². The number of rotatable bonds is 6. The Morgan fingerprint density at radius 2 is 1.72 bits per heavy atom. The molecule has 0 atom stereocenters. The number of halogens is 2. The molecule has 1 amide bonds. The Morgan fingerprint density at radius 1 is 1.08 bits per heavy atom. The SMILES string of the molecule is CC(=O)N(C)C.COc1ccc(-c2csc3nc(SC(F)F)n(-c4ccccc4)c(=O)c23)cc1OC. The van der Waals surface area contributed by atoms with Crippen LogP contribution in [0.4, 0.5) is 8.78 Å². The highest BCUT2D eigenvalue weighted by molar-refractivity contribution is 7.99. The highest BCUT2D eigenvalue weighted by atomic mass is 32.2. The van der Waals surface area contributed by atoms with Gasteiger partial charge in [0.25, 0.3) is 11.3 Å². The third kappa shape index (κ3) is 6.03. The molecule has 0 saturated heterocycles. The van der Waals surface area contributed by atoms with Crippen molar-refractivity contribution in [2.24, 2.45) is 0 Å². The summed E-state index contributed by atoms with van der Waals surface area (Å²) in [5, 5.41) is 2.12. The molecule has 0 bridgehead atoms. The fourth-order valence-electron chi connectivity index (χ4n) is 3.15. The Hall–Kier alpha value is -3.44. The van der Waals surface area contributed by atoms with Gasteiger partial charge in [0, 0.05) is 32.0 Å². The summed E-state index contributed by atoms with van der Waals surface area (Å²) in [5.41, 5.74) is 1.48. The molecule has 4 aromatic rings. The highest BCUT2D eigenvalue weighted by Gasteiger charge is 2.21. The molecule has 0 unspecified atom stereocenters. The number of carbonyl (C=O) groups excluding carboxylic acids is 1. The van der Waals surface area contributed by atoms with Gasteiger partial charge >= 0.3 is 0 Å². The second kappa shape index (κ2) is 12.0. The number of hydrogen-bond donors (Lipinski definition) is 0. The van der Waals surface area contributed by atoms with E-state index in [2.05, 4.69) is 4.98 Å². The summed E-state index contributed by atoms with van der Waals surface area (Å²) in [7, 11) is 6.53. The number of thiophene rings is 1. The molecule has 0 radical (unpaired) electrons. The largest absolute Gasteiger partial charge is 0.493 e. The number of methoxy groups -OCH3 is 2. The Morgan fingerprint density at radius 3 is 2.28 bits per heavy atom. The van der Waals surface area contributed by atoms with Crippen molar-refractivity contribution in [2.45, 2.75) is 17.8 Å². The Balaban J connectivity index is 0.000000538. The summed E-state index contributed by atoms with van der Waals surface area (Å²) in [4.78, 5) is 29.9. The van der Waals surface area contributed by atoms with E-state index in [-0.39, 0.29) is 22.8 Å². The lowest BCUT2D eigenvalue weighted by Crippen LogP contribution is -2.21. The number of nitrogens with zero attached hydrogens (tertiary/aromatic N) is 3. The van der Waals surface area contributed by atoms with Crippen molar-refractivity contribution < 1.29 is 23.0 Å². The number of benzene rings is 2. The summed E-state index contributed by atoms with van der Waals surface area (Å²) >= 11 is 1.49. The molecule has 4 rings (SSSR count). The fraction of sp³-hybridized carbons (Fsp3) is 0.240. The lowest BCUT2D eigenvalue weighted by atomic mass is 10.1. The monoisotopic (exact) mass is 533 g/mol. The summed E-state index contributed by atoms with van der Waals surface area (Å²) in [6.45, 7) is 1.53. The van der Waals surface area contributed by atoms with E-state index in [1.807, 2.05) is 6.07 Å². The van der Waals surface area contributed by atoms with Crippen LogP contribution in [0.25, 0.3) is 27.0 Å². The molecule has 7 nitrogen and oxygen atoms in total. The van der Waals surface area contributed by atoms with Gasteiger partial charge in [-0.15, -0.1) is 11.3 Å². The molecule has 2 aromatic heterocycles. The maximum absolute atomic E-state index is 13.5. The van der Waals surface area contributed by atoms with Gasteiger partial charge in [0.05, 0.1) is 25.3 Å². The first-order valence-electron chi connectivity index (χ1n) is 10.6. The van der Waals surface area contributed by atoms with Gasteiger partial charge in [-0.05, 0) is 41.6 Å². The Bertz CT molecular complexity index is 1410. The van der Waals surface area contributed by atoms with E-state index in [1.165, 1.54) is 34.8 Å². The third-order valence-corrected chi connectivity index (χ3v) is 6.65. The summed E-state index contributed by atoms with van der Waals surface area (Å²) < 4.78 is 38.2. The van der Waals surface area contributed by atoms with Gasteiger partial charge in [0.2, 0.25) is 5.91 Å². The zero-order valence-corrected chi connectivity index (χ0v) is 22.0. The Labute approximate surface area is 215 Å². The zero-order chi connectivity index (χ0) is 26.4.